The number of esters is 1. The molecule has 1 N–H and O–H groups in total. The molecular formula is C17H12BrN5O3S. The van der Waals surface area contributed by atoms with Crippen LogP contribution in [0.3, 0.4) is 0 Å². The smallest absolute Gasteiger partial charge is 0.355 e. The van der Waals surface area contributed by atoms with Gasteiger partial charge < -0.3 is 10.1 Å². The lowest BCUT2D eigenvalue weighted by Gasteiger charge is -2.27. The number of Topliss-reactive ketones (excluding diaryl/α,β-unsaturated/α-hetero) is 1. The number of carbonyl (C=O) groups is 2. The summed E-state index contributed by atoms with van der Waals surface area (Å²) >= 11 is 4.70. The van der Waals surface area contributed by atoms with Crippen LogP contribution in [0.25, 0.3) is 0 Å². The zero-order valence-electron chi connectivity index (χ0n) is 13.9. The normalized spacial score (nSPS) is 15.9. The molecule has 0 amide bonds. The highest BCUT2D eigenvalue weighted by molar-refractivity contribution is 9.10. The molecule has 0 unspecified atom stereocenters. The minimum absolute atomic E-state index is 0.0334. The monoisotopic (exact) mass is 445 g/mol. The number of ether oxygens (including phenoxy) is 1. The van der Waals surface area contributed by atoms with E-state index in [2.05, 4.69) is 36.8 Å². The SMILES string of the molecule is COC(=O)C1=C(C(=O)c2cccs2)[C@H](c2ccc(Br)cc2)n2nnnc2N1. The molecule has 3 aromatic rings. The fraction of sp³-hybridized carbons (Fsp3) is 0.118. The number of hydrogen-bond acceptors (Lipinski definition) is 8. The van der Waals surface area contributed by atoms with E-state index in [9.17, 15) is 9.59 Å². The van der Waals surface area contributed by atoms with Crippen LogP contribution >= 0.6 is 27.3 Å². The zero-order chi connectivity index (χ0) is 19.0. The Hall–Kier alpha value is -2.85. The average Bonchev–Trinajstić information content (AvgIpc) is 3.37. The molecule has 10 heteroatoms. The summed E-state index contributed by atoms with van der Waals surface area (Å²) in [7, 11) is 1.26. The van der Waals surface area contributed by atoms with Gasteiger partial charge in [-0.1, -0.05) is 39.2 Å². The van der Waals surface area contributed by atoms with Crippen molar-refractivity contribution in [2.45, 2.75) is 6.04 Å². The number of thiophene rings is 1. The van der Waals surface area contributed by atoms with Crippen LogP contribution in [0.1, 0.15) is 21.3 Å². The molecule has 0 saturated carbocycles. The van der Waals surface area contributed by atoms with Gasteiger partial charge in [0.1, 0.15) is 11.7 Å². The molecule has 0 fully saturated rings. The van der Waals surface area contributed by atoms with Crippen LogP contribution in [-0.2, 0) is 9.53 Å². The van der Waals surface area contributed by atoms with Gasteiger partial charge >= 0.3 is 5.97 Å². The predicted molar refractivity (Wildman–Crippen MR) is 101 cm³/mol. The number of ketones is 1. The largest absolute Gasteiger partial charge is 0.464 e. The number of methoxy groups -OCH3 is 1. The first-order valence-electron chi connectivity index (χ1n) is 7.81. The van der Waals surface area contributed by atoms with Gasteiger partial charge in [0, 0.05) is 4.47 Å². The van der Waals surface area contributed by atoms with Gasteiger partial charge in [0.25, 0.3) is 0 Å². The standard InChI is InChI=1S/C17H12BrN5O3S/c1-26-16(25)13-12(15(24)11-3-2-8-27-11)14(9-4-6-10(18)7-5-9)23-17(19-13)20-21-22-23/h2-8,14H,1H3,(H,19,20,22)/t14-/m0/s1. The summed E-state index contributed by atoms with van der Waals surface area (Å²) in [4.78, 5) is 26.2. The minimum Gasteiger partial charge on any atom is -0.464 e. The number of nitrogens with one attached hydrogen (secondary N) is 1. The number of tetrazole rings is 1. The van der Waals surface area contributed by atoms with E-state index in [1.165, 1.54) is 23.1 Å². The Morgan fingerprint density at radius 1 is 1.26 bits per heavy atom. The molecule has 4 rings (SSSR count). The maximum absolute atomic E-state index is 13.3. The number of rotatable bonds is 4. The highest BCUT2D eigenvalue weighted by atomic mass is 79.9. The number of fused-ring (bicyclic) bond motifs is 1. The van der Waals surface area contributed by atoms with Crippen LogP contribution in [0.4, 0.5) is 5.95 Å². The molecule has 136 valence electrons. The van der Waals surface area contributed by atoms with E-state index in [1.54, 1.807) is 17.5 Å². The number of aromatic nitrogens is 4. The Bertz CT molecular complexity index is 1040. The highest BCUT2D eigenvalue weighted by Crippen LogP contribution is 2.37. The summed E-state index contributed by atoms with van der Waals surface area (Å²) in [6.45, 7) is 0. The van der Waals surface area contributed by atoms with Crippen molar-refractivity contribution in [2.24, 2.45) is 0 Å². The summed E-state index contributed by atoms with van der Waals surface area (Å²) in [5, 5.41) is 16.2. The Morgan fingerprint density at radius 2 is 2.04 bits per heavy atom. The van der Waals surface area contributed by atoms with E-state index in [-0.39, 0.29) is 23.0 Å². The van der Waals surface area contributed by atoms with E-state index >= 15 is 0 Å². The first-order valence-corrected chi connectivity index (χ1v) is 9.48. The third kappa shape index (κ3) is 3.06. The van der Waals surface area contributed by atoms with Gasteiger partial charge in [-0.25, -0.2) is 4.79 Å². The van der Waals surface area contributed by atoms with Crippen molar-refractivity contribution in [1.82, 2.24) is 20.2 Å². The van der Waals surface area contributed by atoms with E-state index in [0.29, 0.717) is 4.88 Å². The van der Waals surface area contributed by atoms with Crippen molar-refractivity contribution >= 4 is 45.0 Å². The van der Waals surface area contributed by atoms with Crippen LogP contribution < -0.4 is 5.32 Å². The second-order valence-electron chi connectivity index (χ2n) is 5.61. The van der Waals surface area contributed by atoms with Crippen molar-refractivity contribution in [2.75, 3.05) is 12.4 Å². The van der Waals surface area contributed by atoms with Gasteiger partial charge in [-0.05, 0) is 39.6 Å². The van der Waals surface area contributed by atoms with Crippen molar-refractivity contribution < 1.29 is 14.3 Å². The zero-order valence-corrected chi connectivity index (χ0v) is 16.3. The molecule has 1 aliphatic rings. The summed E-state index contributed by atoms with van der Waals surface area (Å²) in [5.41, 5.74) is 1.02. The Labute approximate surface area is 166 Å². The maximum Gasteiger partial charge on any atom is 0.355 e. The molecule has 3 heterocycles. The molecule has 0 saturated heterocycles. The molecule has 2 aromatic heterocycles. The minimum atomic E-state index is -0.673. The van der Waals surface area contributed by atoms with Gasteiger partial charge in [-0.2, -0.15) is 4.68 Å². The molecule has 0 radical (unpaired) electrons. The van der Waals surface area contributed by atoms with Crippen molar-refractivity contribution in [3.63, 3.8) is 0 Å². The average molecular weight is 446 g/mol. The van der Waals surface area contributed by atoms with Gasteiger partial charge in [0.15, 0.2) is 0 Å². The number of halogens is 1. The lowest BCUT2D eigenvalue weighted by Crippen LogP contribution is -2.32. The fourth-order valence-corrected chi connectivity index (χ4v) is 3.82. The van der Waals surface area contributed by atoms with Crippen LogP contribution in [-0.4, -0.2) is 39.1 Å². The molecule has 8 nitrogen and oxygen atoms in total. The van der Waals surface area contributed by atoms with Crippen LogP contribution in [0, 0.1) is 0 Å². The Kier molecular flexibility index (Phi) is 4.58. The summed E-state index contributed by atoms with van der Waals surface area (Å²) in [6, 6.07) is 10.2. The van der Waals surface area contributed by atoms with Crippen molar-refractivity contribution in [3.05, 3.63) is 68.0 Å². The van der Waals surface area contributed by atoms with E-state index in [1.807, 2.05) is 24.3 Å². The molecule has 1 aromatic carbocycles. The van der Waals surface area contributed by atoms with Gasteiger partial charge in [-0.15, -0.1) is 11.3 Å². The van der Waals surface area contributed by atoms with E-state index in [0.717, 1.165) is 10.0 Å². The topological polar surface area (TPSA) is 99.0 Å². The second-order valence-corrected chi connectivity index (χ2v) is 7.48. The second kappa shape index (κ2) is 7.05. The third-order valence-corrected chi connectivity index (χ3v) is 5.48. The molecule has 0 spiro atoms. The Morgan fingerprint density at radius 3 is 2.70 bits per heavy atom. The third-order valence-electron chi connectivity index (χ3n) is 4.08. The highest BCUT2D eigenvalue weighted by Gasteiger charge is 2.38. The number of anilines is 1. The summed E-state index contributed by atoms with van der Waals surface area (Å²) in [5.74, 6) is -0.690. The van der Waals surface area contributed by atoms with Gasteiger partial charge in [0.05, 0.1) is 17.6 Å². The summed E-state index contributed by atoms with van der Waals surface area (Å²) < 4.78 is 7.26. The summed E-state index contributed by atoms with van der Waals surface area (Å²) in [6.07, 6.45) is 0. The lowest BCUT2D eigenvalue weighted by molar-refractivity contribution is -0.136. The van der Waals surface area contributed by atoms with Crippen LogP contribution in [0.15, 0.2) is 57.5 Å². The maximum atomic E-state index is 13.3. The Balaban J connectivity index is 1.95. The van der Waals surface area contributed by atoms with E-state index in [4.69, 9.17) is 4.74 Å². The quantitative estimate of drug-likeness (QED) is 0.486. The fourth-order valence-electron chi connectivity index (χ4n) is 2.88. The number of carbonyl (C=O) groups excluding carboxylic acids is 2. The molecule has 0 aliphatic carbocycles. The number of benzene rings is 1. The van der Waals surface area contributed by atoms with Crippen molar-refractivity contribution in [1.29, 1.82) is 0 Å². The lowest BCUT2D eigenvalue weighted by atomic mass is 9.91. The molecular weight excluding hydrogens is 434 g/mol. The molecule has 0 bridgehead atoms. The predicted octanol–water partition coefficient (Wildman–Crippen LogP) is 2.82. The van der Waals surface area contributed by atoms with Crippen LogP contribution in [0.2, 0.25) is 0 Å². The van der Waals surface area contributed by atoms with Gasteiger partial charge in [0.2, 0.25) is 11.7 Å². The first-order chi connectivity index (χ1) is 13.1. The number of nitrogens with zero attached hydrogens (tertiary/aromatic N) is 4. The molecule has 27 heavy (non-hydrogen) atoms. The first kappa shape index (κ1) is 17.6. The number of hydrogen-bond donors (Lipinski definition) is 1. The molecule has 1 aliphatic heterocycles. The van der Waals surface area contributed by atoms with Gasteiger partial charge in [-0.3, -0.25) is 4.79 Å². The number of allylic oxidation sites excluding steroid dienone is 1. The molecule has 1 atom stereocenters. The van der Waals surface area contributed by atoms with E-state index < -0.39 is 12.0 Å². The van der Waals surface area contributed by atoms with Crippen molar-refractivity contribution in [3.8, 4) is 0 Å². The van der Waals surface area contributed by atoms with Crippen LogP contribution in [0.5, 0.6) is 0 Å².